The fourth-order valence-corrected chi connectivity index (χ4v) is 3.01. The van der Waals surface area contributed by atoms with E-state index in [1.807, 2.05) is 56.3 Å². The molecule has 0 heterocycles. The Labute approximate surface area is 160 Å². The van der Waals surface area contributed by atoms with Crippen molar-refractivity contribution in [1.29, 1.82) is 0 Å². The quantitative estimate of drug-likeness (QED) is 0.804. The second-order valence-electron chi connectivity index (χ2n) is 6.35. The smallest absolute Gasteiger partial charge is 0.242 e. The van der Waals surface area contributed by atoms with Gasteiger partial charge in [-0.05, 0) is 38.0 Å². The zero-order valence-corrected chi connectivity index (χ0v) is 16.2. The van der Waals surface area contributed by atoms with Gasteiger partial charge >= 0.3 is 0 Å². The van der Waals surface area contributed by atoms with Crippen molar-refractivity contribution in [1.82, 2.24) is 10.2 Å². The highest BCUT2D eigenvalue weighted by molar-refractivity contribution is 6.31. The number of nitrogens with zero attached hydrogens (tertiary/aromatic N) is 1. The number of likely N-dealkylation sites (N-methyl/N-ethyl adjacent to an activating group) is 1. The highest BCUT2D eigenvalue weighted by atomic mass is 35.5. The normalized spacial score (nSPS) is 11.7. The molecule has 0 saturated heterocycles. The molecule has 0 aliphatic carbocycles. The van der Waals surface area contributed by atoms with E-state index in [0.717, 1.165) is 16.7 Å². The number of carbonyl (C=O) groups excluding carboxylic acids is 2. The standard InChI is InChI=1S/C21H25ClN2O2/c1-4-23-21(26)16(3)24(14-18-10-5-6-11-19(18)22)20(25)13-17-9-7-8-15(2)12-17/h5-12,16H,4,13-14H2,1-3H3,(H,23,26)/t16-/m1/s1. The second-order valence-corrected chi connectivity index (χ2v) is 6.76. The van der Waals surface area contributed by atoms with Crippen LogP contribution < -0.4 is 5.32 Å². The molecule has 0 aromatic heterocycles. The predicted octanol–water partition coefficient (Wildman–Crippen LogP) is 3.74. The Balaban J connectivity index is 2.25. The molecule has 1 N–H and O–H groups in total. The Kier molecular flexibility index (Phi) is 7.22. The van der Waals surface area contributed by atoms with Crippen molar-refractivity contribution >= 4 is 23.4 Å². The summed E-state index contributed by atoms with van der Waals surface area (Å²) in [6, 6.07) is 14.6. The number of rotatable bonds is 7. The van der Waals surface area contributed by atoms with Crippen LogP contribution in [-0.4, -0.2) is 29.3 Å². The van der Waals surface area contributed by atoms with Gasteiger partial charge in [0.1, 0.15) is 6.04 Å². The van der Waals surface area contributed by atoms with E-state index in [1.54, 1.807) is 17.9 Å². The summed E-state index contributed by atoms with van der Waals surface area (Å²) in [7, 11) is 0. The third-order valence-corrected chi connectivity index (χ3v) is 4.62. The fraction of sp³-hybridized carbons (Fsp3) is 0.333. The lowest BCUT2D eigenvalue weighted by Gasteiger charge is -2.29. The van der Waals surface area contributed by atoms with E-state index >= 15 is 0 Å². The highest BCUT2D eigenvalue weighted by Gasteiger charge is 2.26. The van der Waals surface area contributed by atoms with E-state index in [4.69, 9.17) is 11.6 Å². The minimum Gasteiger partial charge on any atom is -0.355 e. The summed E-state index contributed by atoms with van der Waals surface area (Å²) in [4.78, 5) is 26.9. The van der Waals surface area contributed by atoms with Crippen molar-refractivity contribution in [2.75, 3.05) is 6.54 Å². The van der Waals surface area contributed by atoms with Crippen molar-refractivity contribution in [3.05, 3.63) is 70.2 Å². The molecular weight excluding hydrogens is 348 g/mol. The lowest BCUT2D eigenvalue weighted by Crippen LogP contribution is -2.48. The summed E-state index contributed by atoms with van der Waals surface area (Å²) in [6.07, 6.45) is 0.246. The summed E-state index contributed by atoms with van der Waals surface area (Å²) in [5.41, 5.74) is 2.86. The van der Waals surface area contributed by atoms with E-state index in [9.17, 15) is 9.59 Å². The Bertz CT molecular complexity index is 776. The molecule has 0 bridgehead atoms. The summed E-state index contributed by atoms with van der Waals surface area (Å²) in [6.45, 7) is 6.41. The Morgan fingerprint density at radius 1 is 1.15 bits per heavy atom. The summed E-state index contributed by atoms with van der Waals surface area (Å²) in [5, 5.41) is 3.38. The molecule has 0 fully saturated rings. The molecule has 0 saturated carbocycles. The first-order valence-corrected chi connectivity index (χ1v) is 9.16. The molecule has 0 aliphatic heterocycles. The maximum atomic E-state index is 13.0. The Hall–Kier alpha value is -2.33. The molecule has 0 unspecified atom stereocenters. The molecule has 0 aliphatic rings. The maximum absolute atomic E-state index is 13.0. The van der Waals surface area contributed by atoms with Gasteiger partial charge in [0.05, 0.1) is 6.42 Å². The van der Waals surface area contributed by atoms with Gasteiger partial charge in [-0.3, -0.25) is 9.59 Å². The third kappa shape index (κ3) is 5.33. The zero-order chi connectivity index (χ0) is 19.1. The largest absolute Gasteiger partial charge is 0.355 e. The number of amides is 2. The zero-order valence-electron chi connectivity index (χ0n) is 15.5. The topological polar surface area (TPSA) is 49.4 Å². The Morgan fingerprint density at radius 2 is 1.88 bits per heavy atom. The van der Waals surface area contributed by atoms with Gasteiger partial charge in [-0.15, -0.1) is 0 Å². The van der Waals surface area contributed by atoms with Crippen LogP contribution in [0.15, 0.2) is 48.5 Å². The van der Waals surface area contributed by atoms with Crippen LogP contribution in [-0.2, 0) is 22.6 Å². The first-order chi connectivity index (χ1) is 12.4. The van der Waals surface area contributed by atoms with Gasteiger partial charge in [0.25, 0.3) is 0 Å². The van der Waals surface area contributed by atoms with Gasteiger partial charge in [-0.2, -0.15) is 0 Å². The maximum Gasteiger partial charge on any atom is 0.242 e. The SMILES string of the molecule is CCNC(=O)[C@@H](C)N(Cc1ccccc1Cl)C(=O)Cc1cccc(C)c1. The lowest BCUT2D eigenvalue weighted by atomic mass is 10.1. The number of hydrogen-bond acceptors (Lipinski definition) is 2. The first-order valence-electron chi connectivity index (χ1n) is 8.78. The number of nitrogens with one attached hydrogen (secondary N) is 1. The van der Waals surface area contributed by atoms with Crippen molar-refractivity contribution in [2.45, 2.75) is 39.8 Å². The molecule has 2 aromatic carbocycles. The van der Waals surface area contributed by atoms with E-state index in [0.29, 0.717) is 18.1 Å². The van der Waals surface area contributed by atoms with Gasteiger partial charge in [-0.1, -0.05) is 59.6 Å². The number of benzene rings is 2. The Morgan fingerprint density at radius 3 is 2.54 bits per heavy atom. The van der Waals surface area contributed by atoms with Crippen molar-refractivity contribution < 1.29 is 9.59 Å². The van der Waals surface area contributed by atoms with Gasteiger partial charge in [0.2, 0.25) is 11.8 Å². The van der Waals surface area contributed by atoms with E-state index in [1.165, 1.54) is 0 Å². The molecule has 0 radical (unpaired) electrons. The summed E-state index contributed by atoms with van der Waals surface area (Å²) >= 11 is 6.26. The number of aryl methyl sites for hydroxylation is 1. The van der Waals surface area contributed by atoms with E-state index in [2.05, 4.69) is 5.32 Å². The molecule has 1 atom stereocenters. The average Bonchev–Trinajstić information content (AvgIpc) is 2.60. The van der Waals surface area contributed by atoms with Crippen molar-refractivity contribution in [3.8, 4) is 0 Å². The van der Waals surface area contributed by atoms with Crippen LogP contribution in [0.1, 0.15) is 30.5 Å². The lowest BCUT2D eigenvalue weighted by molar-refractivity contribution is -0.140. The summed E-state index contributed by atoms with van der Waals surface area (Å²) in [5.74, 6) is -0.272. The minimum atomic E-state index is -0.580. The predicted molar refractivity (Wildman–Crippen MR) is 105 cm³/mol. The van der Waals surface area contributed by atoms with Crippen LogP contribution in [0.2, 0.25) is 5.02 Å². The average molecular weight is 373 g/mol. The molecular formula is C21H25ClN2O2. The number of carbonyl (C=O) groups is 2. The van der Waals surface area contributed by atoms with Crippen LogP contribution in [0.5, 0.6) is 0 Å². The second kappa shape index (κ2) is 9.39. The molecule has 26 heavy (non-hydrogen) atoms. The molecule has 4 nitrogen and oxygen atoms in total. The minimum absolute atomic E-state index is 0.103. The molecule has 138 valence electrons. The molecule has 2 rings (SSSR count). The van der Waals surface area contributed by atoms with Crippen molar-refractivity contribution in [3.63, 3.8) is 0 Å². The molecule has 2 aromatic rings. The van der Waals surface area contributed by atoms with Gasteiger partial charge in [0, 0.05) is 18.1 Å². The van der Waals surface area contributed by atoms with Gasteiger partial charge < -0.3 is 10.2 Å². The van der Waals surface area contributed by atoms with Gasteiger partial charge in [0.15, 0.2) is 0 Å². The molecule has 2 amide bonds. The van der Waals surface area contributed by atoms with Crippen molar-refractivity contribution in [2.24, 2.45) is 0 Å². The molecule has 5 heteroatoms. The van der Waals surface area contributed by atoms with Crippen LogP contribution in [0.3, 0.4) is 0 Å². The molecule has 0 spiro atoms. The number of hydrogen-bond donors (Lipinski definition) is 1. The van der Waals surface area contributed by atoms with Crippen LogP contribution in [0, 0.1) is 6.92 Å². The van der Waals surface area contributed by atoms with E-state index < -0.39 is 6.04 Å². The van der Waals surface area contributed by atoms with Gasteiger partial charge in [-0.25, -0.2) is 0 Å². The van der Waals surface area contributed by atoms with Crippen LogP contribution in [0.25, 0.3) is 0 Å². The third-order valence-electron chi connectivity index (χ3n) is 4.25. The summed E-state index contributed by atoms with van der Waals surface area (Å²) < 4.78 is 0. The van der Waals surface area contributed by atoms with E-state index in [-0.39, 0.29) is 18.2 Å². The first kappa shape index (κ1) is 20.0. The van der Waals surface area contributed by atoms with Crippen LogP contribution >= 0.6 is 11.6 Å². The fourth-order valence-electron chi connectivity index (χ4n) is 2.81. The number of halogens is 1. The van der Waals surface area contributed by atoms with Crippen LogP contribution in [0.4, 0.5) is 0 Å². The highest BCUT2D eigenvalue weighted by Crippen LogP contribution is 2.19. The monoisotopic (exact) mass is 372 g/mol.